The molecule has 2 rings (SSSR count). The van der Waals surface area contributed by atoms with E-state index < -0.39 is 12.0 Å². The lowest BCUT2D eigenvalue weighted by Gasteiger charge is -2.17. The van der Waals surface area contributed by atoms with E-state index in [0.29, 0.717) is 5.75 Å². The van der Waals surface area contributed by atoms with Crippen molar-refractivity contribution in [2.75, 3.05) is 5.32 Å². The molecule has 0 aliphatic rings. The van der Waals surface area contributed by atoms with Gasteiger partial charge in [0.2, 0.25) is 0 Å². The number of benzene rings is 2. The number of hydrogen-bond donors (Lipinski definition) is 3. The molecule has 2 aromatic rings. The lowest BCUT2D eigenvalue weighted by Crippen LogP contribution is -2.48. The second-order valence-electron chi connectivity index (χ2n) is 5.10. The highest BCUT2D eigenvalue weighted by Crippen LogP contribution is 2.13. The number of carbonyl (C=O) groups excluding carboxylic acids is 1. The summed E-state index contributed by atoms with van der Waals surface area (Å²) in [5, 5.41) is 3.24. The van der Waals surface area contributed by atoms with Crippen molar-refractivity contribution in [2.45, 2.75) is 20.0 Å². The first-order valence-electron chi connectivity index (χ1n) is 7.30. The molecule has 0 heterocycles. The van der Waals surface area contributed by atoms with Crippen molar-refractivity contribution in [3.05, 3.63) is 59.9 Å². The lowest BCUT2D eigenvalue weighted by molar-refractivity contribution is -0.127. The van der Waals surface area contributed by atoms with E-state index in [-0.39, 0.29) is 10.9 Å². The van der Waals surface area contributed by atoms with Gasteiger partial charge in [-0.15, -0.1) is 0 Å². The number of rotatable bonds is 4. The Kier molecular flexibility index (Phi) is 6.08. The van der Waals surface area contributed by atoms with Crippen LogP contribution < -0.4 is 20.9 Å². The molecular weight excluding hydrogens is 329 g/mol. The average Bonchev–Trinajstić information content (AvgIpc) is 2.57. The zero-order valence-electron chi connectivity index (χ0n) is 13.3. The highest BCUT2D eigenvalue weighted by Gasteiger charge is 2.14. The molecule has 0 saturated carbocycles. The maximum atomic E-state index is 12.8. The predicted octanol–water partition coefficient (Wildman–Crippen LogP) is 2.92. The smallest absolute Gasteiger partial charge is 0.279 e. The average molecular weight is 347 g/mol. The summed E-state index contributed by atoms with van der Waals surface area (Å²) >= 11 is 5.13. The van der Waals surface area contributed by atoms with E-state index in [1.165, 1.54) is 24.3 Å². The Hall–Kier alpha value is -2.67. The van der Waals surface area contributed by atoms with E-state index in [2.05, 4.69) is 16.2 Å². The van der Waals surface area contributed by atoms with E-state index in [1.54, 1.807) is 6.92 Å². The third-order valence-corrected chi connectivity index (χ3v) is 3.39. The summed E-state index contributed by atoms with van der Waals surface area (Å²) in [5.41, 5.74) is 6.95. The van der Waals surface area contributed by atoms with E-state index in [0.717, 1.165) is 11.3 Å². The Morgan fingerprint density at radius 1 is 1.12 bits per heavy atom. The van der Waals surface area contributed by atoms with Gasteiger partial charge >= 0.3 is 0 Å². The van der Waals surface area contributed by atoms with Crippen LogP contribution in [0.2, 0.25) is 0 Å². The predicted molar refractivity (Wildman–Crippen MR) is 95.2 cm³/mol. The second kappa shape index (κ2) is 8.26. The number of ether oxygens (including phenoxy) is 1. The monoisotopic (exact) mass is 347 g/mol. The SMILES string of the molecule is Cc1ccccc1NC(=S)NNC(=O)[C@H](C)Oc1ccc(F)cc1. The van der Waals surface area contributed by atoms with Gasteiger partial charge in [-0.25, -0.2) is 4.39 Å². The van der Waals surface area contributed by atoms with Crippen LogP contribution in [0.1, 0.15) is 12.5 Å². The molecule has 0 bridgehead atoms. The zero-order valence-corrected chi connectivity index (χ0v) is 14.1. The van der Waals surface area contributed by atoms with Crippen LogP contribution >= 0.6 is 12.2 Å². The molecule has 3 N–H and O–H groups in total. The normalized spacial score (nSPS) is 11.3. The largest absolute Gasteiger partial charge is 0.481 e. The number of hydrazine groups is 1. The fourth-order valence-electron chi connectivity index (χ4n) is 1.86. The summed E-state index contributed by atoms with van der Waals surface area (Å²) in [5.74, 6) is -0.373. The van der Waals surface area contributed by atoms with Crippen molar-refractivity contribution in [3.8, 4) is 5.75 Å². The van der Waals surface area contributed by atoms with Gasteiger partial charge in [-0.1, -0.05) is 18.2 Å². The van der Waals surface area contributed by atoms with Crippen LogP contribution in [-0.2, 0) is 4.79 Å². The van der Waals surface area contributed by atoms with Crippen molar-refractivity contribution in [3.63, 3.8) is 0 Å². The van der Waals surface area contributed by atoms with Crippen molar-refractivity contribution < 1.29 is 13.9 Å². The third kappa shape index (κ3) is 5.20. The van der Waals surface area contributed by atoms with Crippen LogP contribution in [0.3, 0.4) is 0 Å². The number of anilines is 1. The number of aryl methyl sites for hydroxylation is 1. The van der Waals surface area contributed by atoms with Gasteiger partial charge in [-0.3, -0.25) is 15.6 Å². The second-order valence-corrected chi connectivity index (χ2v) is 5.51. The molecule has 0 unspecified atom stereocenters. The Balaban J connectivity index is 1.80. The molecule has 0 aliphatic heterocycles. The van der Waals surface area contributed by atoms with Crippen LogP contribution in [0.25, 0.3) is 0 Å². The molecule has 24 heavy (non-hydrogen) atoms. The summed E-state index contributed by atoms with van der Waals surface area (Å²) in [7, 11) is 0. The zero-order chi connectivity index (χ0) is 17.5. The van der Waals surface area contributed by atoms with E-state index in [1.807, 2.05) is 31.2 Å². The fourth-order valence-corrected chi connectivity index (χ4v) is 2.02. The van der Waals surface area contributed by atoms with Crippen LogP contribution in [-0.4, -0.2) is 17.1 Å². The number of nitrogens with one attached hydrogen (secondary N) is 3. The molecule has 0 aromatic heterocycles. The molecule has 0 radical (unpaired) electrons. The van der Waals surface area contributed by atoms with Crippen LogP contribution in [0.15, 0.2) is 48.5 Å². The minimum Gasteiger partial charge on any atom is -0.481 e. The Morgan fingerprint density at radius 3 is 2.46 bits per heavy atom. The number of thiocarbonyl (C=S) groups is 1. The first-order valence-corrected chi connectivity index (χ1v) is 7.71. The number of hydrogen-bond acceptors (Lipinski definition) is 3. The highest BCUT2D eigenvalue weighted by atomic mass is 32.1. The van der Waals surface area contributed by atoms with Crippen molar-refractivity contribution >= 4 is 28.9 Å². The first-order chi connectivity index (χ1) is 11.5. The fraction of sp³-hybridized carbons (Fsp3) is 0.176. The summed E-state index contributed by atoms with van der Waals surface area (Å²) in [6, 6.07) is 13.1. The topological polar surface area (TPSA) is 62.4 Å². The summed E-state index contributed by atoms with van der Waals surface area (Å²) in [6.07, 6.45) is -0.774. The van der Waals surface area contributed by atoms with Gasteiger partial charge in [0.1, 0.15) is 11.6 Å². The van der Waals surface area contributed by atoms with Gasteiger partial charge in [0.15, 0.2) is 11.2 Å². The molecule has 1 amide bonds. The van der Waals surface area contributed by atoms with Gasteiger partial charge in [-0.05, 0) is 62.0 Å². The maximum absolute atomic E-state index is 12.8. The van der Waals surface area contributed by atoms with E-state index >= 15 is 0 Å². The molecule has 126 valence electrons. The number of para-hydroxylation sites is 1. The van der Waals surface area contributed by atoms with Gasteiger partial charge in [0.05, 0.1) is 0 Å². The molecule has 1 atom stereocenters. The first kappa shape index (κ1) is 17.7. The minimum atomic E-state index is -0.774. The standard InChI is InChI=1S/C17H18FN3O2S/c1-11-5-3-4-6-15(11)19-17(24)21-20-16(22)12(2)23-14-9-7-13(18)8-10-14/h3-10,12H,1-2H3,(H,20,22)(H2,19,21,24)/t12-/m0/s1. The van der Waals surface area contributed by atoms with Crippen LogP contribution in [0.4, 0.5) is 10.1 Å². The summed E-state index contributed by atoms with van der Waals surface area (Å²) < 4.78 is 18.3. The number of halogens is 1. The highest BCUT2D eigenvalue weighted by molar-refractivity contribution is 7.80. The Bertz CT molecular complexity index is 722. The van der Waals surface area contributed by atoms with Crippen molar-refractivity contribution in [1.29, 1.82) is 0 Å². The molecule has 0 spiro atoms. The van der Waals surface area contributed by atoms with Gasteiger partial charge in [0, 0.05) is 5.69 Å². The van der Waals surface area contributed by atoms with Gasteiger partial charge in [0.25, 0.3) is 5.91 Å². The third-order valence-electron chi connectivity index (χ3n) is 3.19. The maximum Gasteiger partial charge on any atom is 0.279 e. The van der Waals surface area contributed by atoms with Gasteiger partial charge in [-0.2, -0.15) is 0 Å². The number of amides is 1. The summed E-state index contributed by atoms with van der Waals surface area (Å²) in [4.78, 5) is 12.0. The van der Waals surface area contributed by atoms with Crippen LogP contribution in [0.5, 0.6) is 5.75 Å². The molecular formula is C17H18FN3O2S. The van der Waals surface area contributed by atoms with Crippen LogP contribution in [0, 0.1) is 12.7 Å². The molecule has 7 heteroatoms. The minimum absolute atomic E-state index is 0.256. The van der Waals surface area contributed by atoms with Gasteiger partial charge < -0.3 is 10.1 Å². The lowest BCUT2D eigenvalue weighted by atomic mass is 10.2. The van der Waals surface area contributed by atoms with Crippen molar-refractivity contribution in [1.82, 2.24) is 10.9 Å². The number of carbonyl (C=O) groups is 1. The molecule has 5 nitrogen and oxygen atoms in total. The Morgan fingerprint density at radius 2 is 1.79 bits per heavy atom. The molecule has 0 saturated heterocycles. The molecule has 0 fully saturated rings. The quantitative estimate of drug-likeness (QED) is 0.586. The molecule has 2 aromatic carbocycles. The van der Waals surface area contributed by atoms with E-state index in [4.69, 9.17) is 17.0 Å². The van der Waals surface area contributed by atoms with E-state index in [9.17, 15) is 9.18 Å². The summed E-state index contributed by atoms with van der Waals surface area (Å²) in [6.45, 7) is 3.53. The Labute approximate surface area is 145 Å². The molecule has 0 aliphatic carbocycles. The van der Waals surface area contributed by atoms with Crippen molar-refractivity contribution in [2.24, 2.45) is 0 Å².